The SMILES string of the molecule is NC(C1=CCCCCC1)C1(c2ccccc2)CCC1. The molecule has 0 bridgehead atoms. The second-order valence-electron chi connectivity index (χ2n) is 6.23. The molecule has 0 radical (unpaired) electrons. The average Bonchev–Trinajstić information content (AvgIpc) is 2.67. The molecule has 0 spiro atoms. The van der Waals surface area contributed by atoms with Gasteiger partial charge in [-0.3, -0.25) is 0 Å². The van der Waals surface area contributed by atoms with E-state index in [1.807, 2.05) is 0 Å². The van der Waals surface area contributed by atoms with Crippen molar-refractivity contribution >= 4 is 0 Å². The summed E-state index contributed by atoms with van der Waals surface area (Å²) in [4.78, 5) is 0. The molecule has 1 aromatic carbocycles. The van der Waals surface area contributed by atoms with Crippen LogP contribution in [0.2, 0.25) is 0 Å². The van der Waals surface area contributed by atoms with Crippen LogP contribution in [0.5, 0.6) is 0 Å². The number of hydrogen-bond donors (Lipinski definition) is 1. The zero-order valence-electron chi connectivity index (χ0n) is 11.8. The van der Waals surface area contributed by atoms with Gasteiger partial charge in [0.15, 0.2) is 0 Å². The Morgan fingerprint density at radius 2 is 1.74 bits per heavy atom. The van der Waals surface area contributed by atoms with E-state index >= 15 is 0 Å². The Bertz CT molecular complexity index is 442. The highest BCUT2D eigenvalue weighted by Crippen LogP contribution is 2.48. The molecule has 102 valence electrons. The monoisotopic (exact) mass is 255 g/mol. The lowest BCUT2D eigenvalue weighted by atomic mass is 9.58. The predicted octanol–water partition coefficient (Wildman–Crippen LogP) is 4.33. The average molecular weight is 255 g/mol. The van der Waals surface area contributed by atoms with Gasteiger partial charge in [0.2, 0.25) is 0 Å². The molecule has 0 aromatic heterocycles. The van der Waals surface area contributed by atoms with Crippen molar-refractivity contribution in [3.63, 3.8) is 0 Å². The summed E-state index contributed by atoms with van der Waals surface area (Å²) in [6.45, 7) is 0. The fraction of sp³-hybridized carbons (Fsp3) is 0.556. The molecular formula is C18H25N. The first-order valence-corrected chi connectivity index (χ1v) is 7.83. The normalized spacial score (nSPS) is 23.9. The summed E-state index contributed by atoms with van der Waals surface area (Å²) < 4.78 is 0. The van der Waals surface area contributed by atoms with E-state index in [0.29, 0.717) is 0 Å². The zero-order valence-corrected chi connectivity index (χ0v) is 11.8. The summed E-state index contributed by atoms with van der Waals surface area (Å²) in [6, 6.07) is 11.2. The van der Waals surface area contributed by atoms with Gasteiger partial charge in [-0.05, 0) is 44.1 Å². The molecular weight excluding hydrogens is 230 g/mol. The fourth-order valence-electron chi connectivity index (χ4n) is 3.78. The van der Waals surface area contributed by atoms with Gasteiger partial charge in [-0.25, -0.2) is 0 Å². The molecule has 1 unspecified atom stereocenters. The summed E-state index contributed by atoms with van der Waals surface area (Å²) in [6.07, 6.45) is 12.8. The van der Waals surface area contributed by atoms with Crippen LogP contribution in [0.4, 0.5) is 0 Å². The largest absolute Gasteiger partial charge is 0.323 e. The highest BCUT2D eigenvalue weighted by atomic mass is 14.7. The van der Waals surface area contributed by atoms with E-state index in [0.717, 1.165) is 0 Å². The molecule has 1 fully saturated rings. The topological polar surface area (TPSA) is 26.0 Å². The van der Waals surface area contributed by atoms with Crippen LogP contribution < -0.4 is 5.73 Å². The van der Waals surface area contributed by atoms with Gasteiger partial charge in [-0.15, -0.1) is 0 Å². The number of benzene rings is 1. The van der Waals surface area contributed by atoms with E-state index in [-0.39, 0.29) is 11.5 Å². The first-order valence-electron chi connectivity index (χ1n) is 7.83. The van der Waals surface area contributed by atoms with Crippen LogP contribution in [0, 0.1) is 0 Å². The Morgan fingerprint density at radius 3 is 2.42 bits per heavy atom. The zero-order chi connectivity index (χ0) is 13.1. The van der Waals surface area contributed by atoms with Crippen molar-refractivity contribution in [2.75, 3.05) is 0 Å². The Labute approximate surface area is 116 Å². The molecule has 0 amide bonds. The molecule has 0 saturated heterocycles. The van der Waals surface area contributed by atoms with Crippen molar-refractivity contribution in [3.05, 3.63) is 47.5 Å². The minimum absolute atomic E-state index is 0.234. The third-order valence-corrected chi connectivity index (χ3v) is 5.17. The van der Waals surface area contributed by atoms with Crippen LogP contribution >= 0.6 is 0 Å². The van der Waals surface area contributed by atoms with Gasteiger partial charge in [0.05, 0.1) is 0 Å². The Balaban J connectivity index is 1.87. The maximum Gasteiger partial charge on any atom is 0.0352 e. The summed E-state index contributed by atoms with van der Waals surface area (Å²) in [5.74, 6) is 0. The van der Waals surface area contributed by atoms with Gasteiger partial charge in [0.1, 0.15) is 0 Å². The van der Waals surface area contributed by atoms with E-state index in [1.165, 1.54) is 62.5 Å². The molecule has 1 heteroatoms. The molecule has 0 heterocycles. The van der Waals surface area contributed by atoms with Crippen LogP contribution in [0.1, 0.15) is 56.9 Å². The molecule has 3 rings (SSSR count). The molecule has 1 nitrogen and oxygen atoms in total. The van der Waals surface area contributed by atoms with E-state index < -0.39 is 0 Å². The van der Waals surface area contributed by atoms with Crippen molar-refractivity contribution in [1.29, 1.82) is 0 Å². The van der Waals surface area contributed by atoms with Gasteiger partial charge in [-0.2, -0.15) is 0 Å². The number of rotatable bonds is 3. The summed E-state index contributed by atoms with van der Waals surface area (Å²) in [5, 5.41) is 0. The molecule has 1 aromatic rings. The second-order valence-corrected chi connectivity index (χ2v) is 6.23. The van der Waals surface area contributed by atoms with Crippen LogP contribution in [-0.2, 0) is 5.41 Å². The molecule has 2 aliphatic carbocycles. The number of allylic oxidation sites excluding steroid dienone is 1. The van der Waals surface area contributed by atoms with Crippen molar-refractivity contribution in [2.24, 2.45) is 5.73 Å². The molecule has 1 atom stereocenters. The lowest BCUT2D eigenvalue weighted by Gasteiger charge is -2.48. The third kappa shape index (κ3) is 2.36. The summed E-state index contributed by atoms with van der Waals surface area (Å²) in [5.41, 5.74) is 9.94. The van der Waals surface area contributed by atoms with Crippen LogP contribution in [0.25, 0.3) is 0 Å². The number of hydrogen-bond acceptors (Lipinski definition) is 1. The lowest BCUT2D eigenvalue weighted by Crippen LogP contribution is -2.51. The maximum absolute atomic E-state index is 6.72. The van der Waals surface area contributed by atoms with Crippen LogP contribution in [0.3, 0.4) is 0 Å². The maximum atomic E-state index is 6.72. The van der Waals surface area contributed by atoms with E-state index in [4.69, 9.17) is 5.73 Å². The van der Waals surface area contributed by atoms with Gasteiger partial charge >= 0.3 is 0 Å². The minimum atomic E-state index is 0.234. The van der Waals surface area contributed by atoms with Gasteiger partial charge in [-0.1, -0.05) is 54.8 Å². The van der Waals surface area contributed by atoms with E-state index in [2.05, 4.69) is 36.4 Å². The molecule has 2 aliphatic rings. The van der Waals surface area contributed by atoms with Gasteiger partial charge < -0.3 is 5.73 Å². The van der Waals surface area contributed by atoms with Crippen molar-refractivity contribution in [2.45, 2.75) is 62.8 Å². The Hall–Kier alpha value is -1.08. The summed E-state index contributed by atoms with van der Waals surface area (Å²) >= 11 is 0. The van der Waals surface area contributed by atoms with E-state index in [9.17, 15) is 0 Å². The predicted molar refractivity (Wildman–Crippen MR) is 81.1 cm³/mol. The first kappa shape index (κ1) is 12.9. The third-order valence-electron chi connectivity index (χ3n) is 5.17. The van der Waals surface area contributed by atoms with Gasteiger partial charge in [0, 0.05) is 11.5 Å². The van der Waals surface area contributed by atoms with Crippen LogP contribution in [0.15, 0.2) is 42.0 Å². The van der Waals surface area contributed by atoms with Crippen LogP contribution in [-0.4, -0.2) is 6.04 Å². The van der Waals surface area contributed by atoms with Gasteiger partial charge in [0.25, 0.3) is 0 Å². The Morgan fingerprint density at radius 1 is 0.947 bits per heavy atom. The number of nitrogens with two attached hydrogens (primary N) is 1. The molecule has 19 heavy (non-hydrogen) atoms. The molecule has 1 saturated carbocycles. The lowest BCUT2D eigenvalue weighted by molar-refractivity contribution is 0.211. The Kier molecular flexibility index (Phi) is 3.74. The molecule has 2 N–H and O–H groups in total. The van der Waals surface area contributed by atoms with Crippen molar-refractivity contribution in [3.8, 4) is 0 Å². The van der Waals surface area contributed by atoms with E-state index in [1.54, 1.807) is 0 Å². The summed E-state index contributed by atoms with van der Waals surface area (Å²) in [7, 11) is 0. The smallest absolute Gasteiger partial charge is 0.0352 e. The highest BCUT2D eigenvalue weighted by molar-refractivity contribution is 5.35. The minimum Gasteiger partial charge on any atom is -0.323 e. The molecule has 0 aliphatic heterocycles. The quantitative estimate of drug-likeness (QED) is 0.799. The second kappa shape index (κ2) is 5.50. The first-order chi connectivity index (χ1) is 9.33. The van der Waals surface area contributed by atoms with Crippen molar-refractivity contribution in [1.82, 2.24) is 0 Å². The van der Waals surface area contributed by atoms with Crippen molar-refractivity contribution < 1.29 is 0 Å². The highest BCUT2D eigenvalue weighted by Gasteiger charge is 2.44. The standard InChI is InChI=1S/C18H25N/c19-17(15-9-4-1-2-5-10-15)18(13-8-14-18)16-11-6-3-7-12-16/h3,6-7,9,11-12,17H,1-2,4-5,8,10,13-14,19H2. The fourth-order valence-corrected chi connectivity index (χ4v) is 3.78.